The number of rotatable bonds is 6. The molecule has 0 heterocycles. The third-order valence-electron chi connectivity index (χ3n) is 9.92. The van der Waals surface area contributed by atoms with Gasteiger partial charge in [0.15, 0.2) is 0 Å². The summed E-state index contributed by atoms with van der Waals surface area (Å²) in [7, 11) is 0. The van der Waals surface area contributed by atoms with Crippen LogP contribution in [0.2, 0.25) is 0 Å². The Hall–Kier alpha value is -6.18. The molecule has 1 nitrogen and oxygen atoms in total. The van der Waals surface area contributed by atoms with Gasteiger partial charge in [0.05, 0.1) is 0 Å². The van der Waals surface area contributed by atoms with Gasteiger partial charge in [0.25, 0.3) is 0 Å². The van der Waals surface area contributed by atoms with E-state index in [1.165, 1.54) is 77.5 Å². The van der Waals surface area contributed by atoms with Crippen LogP contribution in [0.1, 0.15) is 11.1 Å². The van der Waals surface area contributed by atoms with Crippen LogP contribution in [-0.2, 0) is 0 Å². The van der Waals surface area contributed by atoms with E-state index in [4.69, 9.17) is 0 Å². The van der Waals surface area contributed by atoms with Gasteiger partial charge < -0.3 is 4.90 Å². The molecular weight excluding hydrogens is 591 g/mol. The average molecular weight is 626 g/mol. The molecule has 8 aromatic carbocycles. The standard InChI is InChI=1S/C48H35N/c1-32-18-22-34(23-19-32)37-28-38(35-24-20-33(2)21-25-35)31-41(30-37)49(39-11-4-3-5-12-39)40-13-8-10-36(29-40)42-26-27-47-44-15-7-6-14-43(44)46-17-9-16-45(42)48(46)47/h3-31H,1-2H3. The number of hydrogen-bond acceptors (Lipinski definition) is 1. The van der Waals surface area contributed by atoms with Crippen molar-refractivity contribution in [1.29, 1.82) is 0 Å². The van der Waals surface area contributed by atoms with Crippen molar-refractivity contribution in [3.8, 4) is 55.6 Å². The Labute approximate surface area is 288 Å². The lowest BCUT2D eigenvalue weighted by Gasteiger charge is -2.27. The summed E-state index contributed by atoms with van der Waals surface area (Å²) in [5, 5.41) is 2.64. The molecule has 0 atom stereocenters. The van der Waals surface area contributed by atoms with E-state index < -0.39 is 0 Å². The molecule has 49 heavy (non-hydrogen) atoms. The molecule has 0 saturated heterocycles. The van der Waals surface area contributed by atoms with Crippen LogP contribution >= 0.6 is 0 Å². The maximum atomic E-state index is 2.40. The van der Waals surface area contributed by atoms with Gasteiger partial charge in [-0.3, -0.25) is 0 Å². The van der Waals surface area contributed by atoms with Crippen molar-refractivity contribution in [3.63, 3.8) is 0 Å². The number of anilines is 3. The fraction of sp³-hybridized carbons (Fsp3) is 0.0417. The van der Waals surface area contributed by atoms with Crippen LogP contribution in [0.15, 0.2) is 176 Å². The predicted molar refractivity (Wildman–Crippen MR) is 209 cm³/mol. The first-order valence-electron chi connectivity index (χ1n) is 17.0. The summed E-state index contributed by atoms with van der Waals surface area (Å²) in [6, 6.07) is 64.6. The second kappa shape index (κ2) is 11.8. The lowest BCUT2D eigenvalue weighted by atomic mass is 9.94. The van der Waals surface area contributed by atoms with Gasteiger partial charge in [-0.05, 0) is 123 Å². The van der Waals surface area contributed by atoms with E-state index in [-0.39, 0.29) is 0 Å². The van der Waals surface area contributed by atoms with Crippen LogP contribution in [0.25, 0.3) is 66.4 Å². The monoisotopic (exact) mass is 625 g/mol. The molecule has 232 valence electrons. The molecule has 1 heteroatoms. The Morgan fingerprint density at radius 2 is 0.816 bits per heavy atom. The summed E-state index contributed by atoms with van der Waals surface area (Å²) in [4.78, 5) is 2.40. The number of nitrogens with zero attached hydrogens (tertiary/aromatic N) is 1. The minimum atomic E-state index is 1.12. The molecule has 8 aromatic rings. The summed E-state index contributed by atoms with van der Waals surface area (Å²) in [5.41, 5.74) is 18.4. The largest absolute Gasteiger partial charge is 0.310 e. The molecule has 1 aliphatic rings. The van der Waals surface area contributed by atoms with Gasteiger partial charge in [0, 0.05) is 17.1 Å². The second-order valence-corrected chi connectivity index (χ2v) is 13.2. The number of para-hydroxylation sites is 1. The van der Waals surface area contributed by atoms with Gasteiger partial charge in [0.2, 0.25) is 0 Å². The maximum absolute atomic E-state index is 2.40. The molecule has 0 spiro atoms. The molecule has 0 aromatic heterocycles. The van der Waals surface area contributed by atoms with Crippen molar-refractivity contribution in [2.45, 2.75) is 13.8 Å². The lowest BCUT2D eigenvalue weighted by molar-refractivity contribution is 1.28. The predicted octanol–water partition coefficient (Wildman–Crippen LogP) is 13.6. The van der Waals surface area contributed by atoms with Crippen molar-refractivity contribution in [2.75, 3.05) is 4.90 Å². The van der Waals surface area contributed by atoms with Crippen LogP contribution in [0.4, 0.5) is 17.1 Å². The molecule has 0 unspecified atom stereocenters. The Kier molecular flexibility index (Phi) is 6.99. The molecule has 1 aliphatic carbocycles. The van der Waals surface area contributed by atoms with Crippen molar-refractivity contribution in [2.24, 2.45) is 0 Å². The average Bonchev–Trinajstić information content (AvgIpc) is 3.48. The summed E-state index contributed by atoms with van der Waals surface area (Å²) in [6.07, 6.45) is 0. The highest BCUT2D eigenvalue weighted by Gasteiger charge is 2.23. The Morgan fingerprint density at radius 1 is 0.306 bits per heavy atom. The number of fused-ring (bicyclic) bond motifs is 3. The summed E-state index contributed by atoms with van der Waals surface area (Å²) in [6.45, 7) is 4.28. The first-order chi connectivity index (χ1) is 24.1. The van der Waals surface area contributed by atoms with E-state index in [0.29, 0.717) is 0 Å². The zero-order valence-electron chi connectivity index (χ0n) is 27.7. The Bertz CT molecular complexity index is 2400. The molecule has 9 rings (SSSR count). The molecule has 0 aliphatic heterocycles. The summed E-state index contributed by atoms with van der Waals surface area (Å²) >= 11 is 0. The van der Waals surface area contributed by atoms with Gasteiger partial charge in [-0.1, -0.05) is 145 Å². The van der Waals surface area contributed by atoms with E-state index in [1.54, 1.807) is 0 Å². The van der Waals surface area contributed by atoms with Crippen LogP contribution < -0.4 is 4.90 Å². The third-order valence-corrected chi connectivity index (χ3v) is 9.92. The van der Waals surface area contributed by atoms with Crippen molar-refractivity contribution < 1.29 is 0 Å². The van der Waals surface area contributed by atoms with Gasteiger partial charge in [-0.15, -0.1) is 0 Å². The van der Waals surface area contributed by atoms with E-state index >= 15 is 0 Å². The first kappa shape index (κ1) is 29.0. The van der Waals surface area contributed by atoms with Crippen LogP contribution in [0.5, 0.6) is 0 Å². The maximum Gasteiger partial charge on any atom is 0.0473 e. The Morgan fingerprint density at radius 3 is 1.47 bits per heavy atom. The zero-order valence-corrected chi connectivity index (χ0v) is 27.7. The van der Waals surface area contributed by atoms with Crippen molar-refractivity contribution in [1.82, 2.24) is 0 Å². The summed E-state index contributed by atoms with van der Waals surface area (Å²) < 4.78 is 0. The van der Waals surface area contributed by atoms with Crippen molar-refractivity contribution >= 4 is 27.8 Å². The lowest BCUT2D eigenvalue weighted by Crippen LogP contribution is -2.10. The highest BCUT2D eigenvalue weighted by molar-refractivity contribution is 6.18. The number of benzene rings is 8. The van der Waals surface area contributed by atoms with Gasteiger partial charge in [-0.25, -0.2) is 0 Å². The van der Waals surface area contributed by atoms with Crippen molar-refractivity contribution in [3.05, 3.63) is 187 Å². The fourth-order valence-corrected chi connectivity index (χ4v) is 7.46. The van der Waals surface area contributed by atoms with Gasteiger partial charge >= 0.3 is 0 Å². The highest BCUT2D eigenvalue weighted by atomic mass is 15.1. The molecule has 0 amide bonds. The highest BCUT2D eigenvalue weighted by Crippen LogP contribution is 2.49. The van der Waals surface area contributed by atoms with Crippen LogP contribution in [0.3, 0.4) is 0 Å². The van der Waals surface area contributed by atoms with E-state index in [9.17, 15) is 0 Å². The number of aryl methyl sites for hydroxylation is 2. The SMILES string of the molecule is Cc1ccc(-c2cc(-c3ccc(C)cc3)cc(N(c3ccccc3)c3cccc(-c4ccc5c6c(cccc46)-c4ccccc4-5)c3)c2)cc1. The zero-order chi connectivity index (χ0) is 32.9. The van der Waals surface area contributed by atoms with E-state index in [1.807, 2.05) is 0 Å². The topological polar surface area (TPSA) is 3.24 Å². The van der Waals surface area contributed by atoms with Gasteiger partial charge in [0.1, 0.15) is 0 Å². The van der Waals surface area contributed by atoms with E-state index in [2.05, 4.69) is 195 Å². The third kappa shape index (κ3) is 5.12. The number of hydrogen-bond donors (Lipinski definition) is 0. The normalized spacial score (nSPS) is 11.5. The second-order valence-electron chi connectivity index (χ2n) is 13.2. The fourth-order valence-electron chi connectivity index (χ4n) is 7.46. The minimum absolute atomic E-state index is 1.12. The summed E-state index contributed by atoms with van der Waals surface area (Å²) in [5.74, 6) is 0. The molecule has 0 saturated carbocycles. The molecule has 0 fully saturated rings. The molecular formula is C48H35N. The minimum Gasteiger partial charge on any atom is -0.310 e. The smallest absolute Gasteiger partial charge is 0.0473 e. The molecule has 0 N–H and O–H groups in total. The van der Waals surface area contributed by atoms with Crippen LogP contribution in [0, 0.1) is 13.8 Å². The van der Waals surface area contributed by atoms with Gasteiger partial charge in [-0.2, -0.15) is 0 Å². The quantitative estimate of drug-likeness (QED) is 0.178. The molecule has 0 radical (unpaired) electrons. The first-order valence-corrected chi connectivity index (χ1v) is 17.0. The van der Waals surface area contributed by atoms with E-state index in [0.717, 1.165) is 17.1 Å². The van der Waals surface area contributed by atoms with Crippen LogP contribution in [-0.4, -0.2) is 0 Å². The Balaban J connectivity index is 1.23. The molecule has 0 bridgehead atoms.